The zero-order valence-electron chi connectivity index (χ0n) is 10.7. The molecule has 0 spiro atoms. The van der Waals surface area contributed by atoms with Gasteiger partial charge in [0.2, 0.25) is 0 Å². The maximum atomic E-state index is 12.1. The molecule has 0 saturated carbocycles. The number of nitrogens with two attached hydrogens (primary N) is 1. The molecule has 2 N–H and O–H groups in total. The van der Waals surface area contributed by atoms with E-state index in [0.717, 1.165) is 11.4 Å². The van der Waals surface area contributed by atoms with Crippen molar-refractivity contribution in [1.29, 1.82) is 0 Å². The molecule has 0 radical (unpaired) electrons. The fourth-order valence-electron chi connectivity index (χ4n) is 2.23. The SMILES string of the molecule is CSP1(=O)OC[C@H]2O[C@@H](n3ccc(N)nc3=O)CC2O1. The van der Waals surface area contributed by atoms with E-state index in [-0.39, 0.29) is 24.6 Å². The maximum Gasteiger partial charge on any atom is 0.389 e. The van der Waals surface area contributed by atoms with Gasteiger partial charge in [0.15, 0.2) is 0 Å². The highest BCUT2D eigenvalue weighted by atomic mass is 32.7. The van der Waals surface area contributed by atoms with Crippen LogP contribution in [0.3, 0.4) is 0 Å². The monoisotopic (exact) mass is 319 g/mol. The van der Waals surface area contributed by atoms with Gasteiger partial charge in [0.25, 0.3) is 0 Å². The normalized spacial score (nSPS) is 36.8. The van der Waals surface area contributed by atoms with Crippen LogP contribution in [0.5, 0.6) is 0 Å². The zero-order valence-corrected chi connectivity index (χ0v) is 12.4. The lowest BCUT2D eigenvalue weighted by Gasteiger charge is -2.29. The molecule has 0 amide bonds. The van der Waals surface area contributed by atoms with E-state index in [1.165, 1.54) is 16.8 Å². The van der Waals surface area contributed by atoms with E-state index in [4.69, 9.17) is 19.5 Å². The Morgan fingerprint density at radius 3 is 3.05 bits per heavy atom. The van der Waals surface area contributed by atoms with Crippen molar-refractivity contribution < 1.29 is 18.3 Å². The lowest BCUT2D eigenvalue weighted by atomic mass is 10.2. The van der Waals surface area contributed by atoms with Gasteiger partial charge in [-0.2, -0.15) is 4.98 Å². The summed E-state index contributed by atoms with van der Waals surface area (Å²) in [6.07, 6.45) is 2.42. The second-order valence-electron chi connectivity index (χ2n) is 4.48. The minimum atomic E-state index is -3.09. The van der Waals surface area contributed by atoms with Gasteiger partial charge in [-0.15, -0.1) is 0 Å². The first kappa shape index (κ1) is 14.1. The minimum Gasteiger partial charge on any atom is -0.383 e. The average Bonchev–Trinajstić information content (AvgIpc) is 2.81. The standard InChI is InChI=1S/C10H14N3O5PS/c1-20-19(15)16-5-7-6(18-19)4-9(17-7)13-3-2-8(11)12-10(13)14/h2-3,6-7,9H,4-5H2,1H3,(H2,11,12,14)/t6?,7-,9-,19?/m1/s1. The molecule has 20 heavy (non-hydrogen) atoms. The fourth-order valence-corrected chi connectivity index (χ4v) is 4.46. The Bertz CT molecular complexity index is 623. The van der Waals surface area contributed by atoms with Gasteiger partial charge in [-0.25, -0.2) is 9.36 Å². The van der Waals surface area contributed by atoms with Crippen LogP contribution >= 0.6 is 18.2 Å². The quantitative estimate of drug-likeness (QED) is 0.805. The molecule has 2 aliphatic heterocycles. The van der Waals surface area contributed by atoms with E-state index < -0.39 is 18.7 Å². The molecule has 3 rings (SSSR count). The molecule has 1 aromatic heterocycles. The van der Waals surface area contributed by atoms with E-state index >= 15 is 0 Å². The Balaban J connectivity index is 1.80. The molecule has 0 aromatic carbocycles. The van der Waals surface area contributed by atoms with Crippen molar-refractivity contribution in [3.63, 3.8) is 0 Å². The van der Waals surface area contributed by atoms with Crippen LogP contribution in [-0.2, 0) is 18.3 Å². The number of anilines is 1. The van der Waals surface area contributed by atoms with Gasteiger partial charge in [-0.3, -0.25) is 13.6 Å². The summed E-state index contributed by atoms with van der Waals surface area (Å²) >= 11 is 1.06. The van der Waals surface area contributed by atoms with Crippen LogP contribution in [0.4, 0.5) is 5.82 Å². The number of fused-ring (bicyclic) bond motifs is 1. The van der Waals surface area contributed by atoms with E-state index in [2.05, 4.69) is 4.98 Å². The van der Waals surface area contributed by atoms with Gasteiger partial charge in [0.05, 0.1) is 6.61 Å². The number of aromatic nitrogens is 2. The van der Waals surface area contributed by atoms with Crippen molar-refractivity contribution in [1.82, 2.24) is 9.55 Å². The van der Waals surface area contributed by atoms with Gasteiger partial charge < -0.3 is 10.5 Å². The second-order valence-corrected chi connectivity index (χ2v) is 8.64. The van der Waals surface area contributed by atoms with Crippen LogP contribution in [0.2, 0.25) is 0 Å². The third kappa shape index (κ3) is 2.51. The van der Waals surface area contributed by atoms with E-state index in [9.17, 15) is 9.36 Å². The lowest BCUT2D eigenvalue weighted by molar-refractivity contribution is -0.0558. The predicted molar refractivity (Wildman–Crippen MR) is 73.4 cm³/mol. The average molecular weight is 319 g/mol. The van der Waals surface area contributed by atoms with Gasteiger partial charge in [0, 0.05) is 12.6 Å². The number of ether oxygens (including phenoxy) is 1. The Kier molecular flexibility index (Phi) is 3.64. The molecule has 0 aliphatic carbocycles. The molecule has 0 bridgehead atoms. The molecule has 8 nitrogen and oxygen atoms in total. The van der Waals surface area contributed by atoms with Crippen LogP contribution < -0.4 is 11.4 Å². The fraction of sp³-hybridized carbons (Fsp3) is 0.600. The molecular weight excluding hydrogens is 305 g/mol. The number of nitrogen functional groups attached to an aromatic ring is 1. The summed E-state index contributed by atoms with van der Waals surface area (Å²) in [6, 6.07) is 1.52. The van der Waals surface area contributed by atoms with Crippen molar-refractivity contribution >= 4 is 24.0 Å². The van der Waals surface area contributed by atoms with Crippen molar-refractivity contribution in [2.45, 2.75) is 24.9 Å². The maximum absolute atomic E-state index is 12.1. The molecule has 2 unspecified atom stereocenters. The Hall–Kier alpha value is -0.860. The summed E-state index contributed by atoms with van der Waals surface area (Å²) in [5.74, 6) is 0.160. The number of rotatable bonds is 2. The highest BCUT2D eigenvalue weighted by Crippen LogP contribution is 2.63. The largest absolute Gasteiger partial charge is 0.389 e. The topological polar surface area (TPSA) is 106 Å². The van der Waals surface area contributed by atoms with Crippen molar-refractivity contribution in [2.24, 2.45) is 0 Å². The highest BCUT2D eigenvalue weighted by molar-refractivity contribution is 8.54. The number of nitrogens with zero attached hydrogens (tertiary/aromatic N) is 2. The van der Waals surface area contributed by atoms with Gasteiger partial charge >= 0.3 is 12.5 Å². The summed E-state index contributed by atoms with van der Waals surface area (Å²) in [6.45, 7) is -2.90. The first-order valence-electron chi connectivity index (χ1n) is 5.99. The van der Waals surface area contributed by atoms with Gasteiger partial charge in [-0.1, -0.05) is 0 Å². The predicted octanol–water partition coefficient (Wildman–Crippen LogP) is 0.999. The summed E-state index contributed by atoms with van der Waals surface area (Å²) in [5.41, 5.74) is 4.96. The molecule has 10 heteroatoms. The summed E-state index contributed by atoms with van der Waals surface area (Å²) in [5, 5.41) is 0. The zero-order chi connectivity index (χ0) is 14.3. The smallest absolute Gasteiger partial charge is 0.383 e. The summed E-state index contributed by atoms with van der Waals surface area (Å²) in [4.78, 5) is 15.4. The molecule has 2 aliphatic rings. The van der Waals surface area contributed by atoms with Crippen molar-refractivity contribution in [3.8, 4) is 0 Å². The third-order valence-electron chi connectivity index (χ3n) is 3.23. The van der Waals surface area contributed by atoms with Crippen LogP contribution in [0.1, 0.15) is 12.6 Å². The van der Waals surface area contributed by atoms with Gasteiger partial charge in [-0.05, 0) is 23.7 Å². The van der Waals surface area contributed by atoms with Crippen LogP contribution in [0, 0.1) is 0 Å². The molecule has 3 heterocycles. The first-order valence-corrected chi connectivity index (χ1v) is 9.37. The molecule has 2 fully saturated rings. The Morgan fingerprint density at radius 2 is 2.35 bits per heavy atom. The van der Waals surface area contributed by atoms with Crippen LogP contribution in [0.15, 0.2) is 17.1 Å². The first-order chi connectivity index (χ1) is 9.50. The second kappa shape index (κ2) is 5.16. The lowest BCUT2D eigenvalue weighted by Crippen LogP contribution is -2.32. The van der Waals surface area contributed by atoms with Crippen molar-refractivity contribution in [3.05, 3.63) is 22.7 Å². The van der Waals surface area contributed by atoms with Crippen LogP contribution in [0.25, 0.3) is 0 Å². The van der Waals surface area contributed by atoms with E-state index in [1.54, 1.807) is 6.26 Å². The number of hydrogen-bond acceptors (Lipinski definition) is 8. The Morgan fingerprint density at radius 1 is 1.55 bits per heavy atom. The molecule has 1 aromatic rings. The third-order valence-corrected chi connectivity index (χ3v) is 6.58. The van der Waals surface area contributed by atoms with E-state index in [0.29, 0.717) is 6.42 Å². The highest BCUT2D eigenvalue weighted by Gasteiger charge is 2.46. The summed E-state index contributed by atoms with van der Waals surface area (Å²) < 4.78 is 29.8. The molecular formula is C10H14N3O5PS. The van der Waals surface area contributed by atoms with Gasteiger partial charge in [0.1, 0.15) is 24.3 Å². The molecule has 4 atom stereocenters. The number of hydrogen-bond donors (Lipinski definition) is 1. The van der Waals surface area contributed by atoms with Crippen molar-refractivity contribution in [2.75, 3.05) is 18.6 Å². The minimum absolute atomic E-state index is 0.160. The van der Waals surface area contributed by atoms with Crippen LogP contribution in [-0.4, -0.2) is 34.6 Å². The Labute approximate surface area is 118 Å². The molecule has 2 saturated heterocycles. The van der Waals surface area contributed by atoms with E-state index in [1.807, 2.05) is 0 Å². The summed E-state index contributed by atoms with van der Waals surface area (Å²) in [7, 11) is 0. The molecule has 110 valence electrons.